The molecule has 3 aromatic heterocycles. The van der Waals surface area contributed by atoms with Crippen LogP contribution in [0, 0.1) is 6.92 Å². The number of rotatable bonds is 4. The van der Waals surface area contributed by atoms with Crippen molar-refractivity contribution in [2.75, 3.05) is 13.2 Å². The highest BCUT2D eigenvalue weighted by molar-refractivity contribution is 7.19. The molecule has 0 saturated carbocycles. The first-order chi connectivity index (χ1) is 12.1. The summed E-state index contributed by atoms with van der Waals surface area (Å²) in [6, 6.07) is 0. The van der Waals surface area contributed by atoms with Gasteiger partial charge in [0.2, 0.25) is 5.82 Å². The fourth-order valence-electron chi connectivity index (χ4n) is 3.54. The molecule has 0 radical (unpaired) electrons. The summed E-state index contributed by atoms with van der Waals surface area (Å²) in [6.07, 6.45) is 3.98. The Hall–Kier alpha value is -2.06. The Balaban J connectivity index is 1.86. The van der Waals surface area contributed by atoms with E-state index in [0.29, 0.717) is 18.9 Å². The van der Waals surface area contributed by atoms with Crippen LogP contribution in [0.3, 0.4) is 0 Å². The minimum atomic E-state index is -0.318. The van der Waals surface area contributed by atoms with Gasteiger partial charge in [0.05, 0.1) is 5.39 Å². The number of nitrogens with zero attached hydrogens (tertiary/aromatic N) is 4. The van der Waals surface area contributed by atoms with E-state index in [2.05, 4.69) is 22.3 Å². The lowest BCUT2D eigenvalue weighted by Gasteiger charge is -2.18. The van der Waals surface area contributed by atoms with E-state index in [0.717, 1.165) is 28.1 Å². The largest absolute Gasteiger partial charge is 0.396 e. The highest BCUT2D eigenvalue weighted by Crippen LogP contribution is 2.42. The van der Waals surface area contributed by atoms with Crippen molar-refractivity contribution in [1.82, 2.24) is 24.9 Å². The van der Waals surface area contributed by atoms with Crippen LogP contribution >= 0.6 is 11.3 Å². The van der Waals surface area contributed by atoms with Crippen LogP contribution in [0.4, 0.5) is 0 Å². The monoisotopic (exact) mass is 359 g/mol. The van der Waals surface area contributed by atoms with Crippen molar-refractivity contribution in [3.8, 4) is 0 Å². The Morgan fingerprint density at radius 1 is 1.44 bits per heavy atom. The molecule has 1 aliphatic rings. The first kappa shape index (κ1) is 16.4. The lowest BCUT2D eigenvalue weighted by Crippen LogP contribution is -2.26. The third kappa shape index (κ3) is 2.69. The van der Waals surface area contributed by atoms with Crippen LogP contribution in [0.25, 0.3) is 15.9 Å². The van der Waals surface area contributed by atoms with E-state index in [1.807, 2.05) is 6.92 Å². The van der Waals surface area contributed by atoms with Crippen LogP contribution in [0.1, 0.15) is 59.0 Å². The zero-order valence-electron chi connectivity index (χ0n) is 14.4. The molecule has 1 amide bonds. The molecule has 1 atom stereocenters. The zero-order chi connectivity index (χ0) is 17.6. The number of thiophene rings is 1. The van der Waals surface area contributed by atoms with E-state index in [4.69, 9.17) is 10.1 Å². The topological polar surface area (TPSA) is 92.4 Å². The Kier molecular flexibility index (Phi) is 4.16. The van der Waals surface area contributed by atoms with Gasteiger partial charge in [0, 0.05) is 18.0 Å². The van der Waals surface area contributed by atoms with Crippen LogP contribution < -0.4 is 5.32 Å². The van der Waals surface area contributed by atoms with Crippen LogP contribution in [-0.4, -0.2) is 43.7 Å². The van der Waals surface area contributed by atoms with Crippen molar-refractivity contribution in [3.05, 3.63) is 22.1 Å². The maximum atomic E-state index is 12.3. The van der Waals surface area contributed by atoms with Gasteiger partial charge in [0.1, 0.15) is 10.7 Å². The lowest BCUT2D eigenvalue weighted by molar-refractivity contribution is 0.0941. The Morgan fingerprint density at radius 2 is 2.28 bits per heavy atom. The zero-order valence-corrected chi connectivity index (χ0v) is 15.2. The molecule has 1 aliphatic carbocycles. The normalized spacial score (nSPS) is 17.2. The van der Waals surface area contributed by atoms with Gasteiger partial charge in [-0.15, -0.1) is 16.4 Å². The second-order valence-electron chi connectivity index (χ2n) is 6.58. The van der Waals surface area contributed by atoms with E-state index in [1.165, 1.54) is 23.3 Å². The number of hydrogen-bond acceptors (Lipinski definition) is 6. The number of carbonyl (C=O) groups excluding carboxylic acids is 1. The molecule has 8 heteroatoms. The average Bonchev–Trinajstić information content (AvgIpc) is 3.17. The van der Waals surface area contributed by atoms with Crippen LogP contribution in [0.15, 0.2) is 0 Å². The van der Waals surface area contributed by atoms with Gasteiger partial charge in [-0.2, -0.15) is 4.52 Å². The molecule has 0 unspecified atom stereocenters. The van der Waals surface area contributed by atoms with Crippen LogP contribution in [0.2, 0.25) is 0 Å². The smallest absolute Gasteiger partial charge is 0.290 e. The van der Waals surface area contributed by atoms with Gasteiger partial charge < -0.3 is 10.4 Å². The fraction of sp³-hybridized carbons (Fsp3) is 0.529. The molecule has 4 rings (SSSR count). The second-order valence-corrected chi connectivity index (χ2v) is 7.66. The van der Waals surface area contributed by atoms with Gasteiger partial charge in [-0.3, -0.25) is 4.79 Å². The maximum Gasteiger partial charge on any atom is 0.290 e. The maximum absolute atomic E-state index is 12.3. The molecule has 0 spiro atoms. The van der Waals surface area contributed by atoms with Crippen LogP contribution in [0.5, 0.6) is 0 Å². The summed E-state index contributed by atoms with van der Waals surface area (Å²) in [4.78, 5) is 23.9. The van der Waals surface area contributed by atoms with Crippen molar-refractivity contribution < 1.29 is 9.90 Å². The first-order valence-electron chi connectivity index (χ1n) is 8.68. The predicted octanol–water partition coefficient (Wildman–Crippen LogP) is 2.20. The quantitative estimate of drug-likeness (QED) is 0.697. The van der Waals surface area contributed by atoms with E-state index in [1.54, 1.807) is 15.9 Å². The molecule has 3 aromatic rings. The van der Waals surface area contributed by atoms with Crippen molar-refractivity contribution in [2.24, 2.45) is 0 Å². The van der Waals surface area contributed by atoms with Crippen molar-refractivity contribution >= 4 is 33.1 Å². The summed E-state index contributed by atoms with van der Waals surface area (Å²) >= 11 is 1.75. The van der Waals surface area contributed by atoms with Crippen LogP contribution in [-0.2, 0) is 6.42 Å². The number of carbonyl (C=O) groups is 1. The highest BCUT2D eigenvalue weighted by Gasteiger charge is 2.26. The molecule has 7 nitrogen and oxygen atoms in total. The minimum absolute atomic E-state index is 0.0431. The molecule has 0 aromatic carbocycles. The number of aryl methyl sites for hydroxylation is 2. The molecule has 0 bridgehead atoms. The SMILES string of the molecule is Cc1nc2sc3c(c2c2nc(C(=O)NCCCO)nn12)[C@H](C)CCC3. The molecule has 0 aliphatic heterocycles. The first-order valence-corrected chi connectivity index (χ1v) is 9.49. The number of nitrogens with one attached hydrogen (secondary N) is 1. The molecular weight excluding hydrogens is 338 g/mol. The number of hydrogen-bond donors (Lipinski definition) is 2. The van der Waals surface area contributed by atoms with Gasteiger partial charge in [0.15, 0.2) is 5.65 Å². The van der Waals surface area contributed by atoms with Crippen molar-refractivity contribution in [1.29, 1.82) is 0 Å². The van der Waals surface area contributed by atoms with E-state index >= 15 is 0 Å². The molecule has 2 N–H and O–H groups in total. The molecule has 3 heterocycles. The van der Waals surface area contributed by atoms with Crippen molar-refractivity contribution in [3.63, 3.8) is 0 Å². The fourth-order valence-corrected chi connectivity index (χ4v) is 4.92. The number of fused-ring (bicyclic) bond motifs is 5. The molecule has 132 valence electrons. The predicted molar refractivity (Wildman–Crippen MR) is 96.3 cm³/mol. The minimum Gasteiger partial charge on any atom is -0.396 e. The highest BCUT2D eigenvalue weighted by atomic mass is 32.1. The third-order valence-electron chi connectivity index (χ3n) is 4.76. The number of aliphatic hydroxyl groups excluding tert-OH is 1. The Labute approximate surface area is 149 Å². The molecular formula is C17H21N5O2S. The summed E-state index contributed by atoms with van der Waals surface area (Å²) < 4.78 is 1.68. The third-order valence-corrected chi connectivity index (χ3v) is 5.92. The van der Waals surface area contributed by atoms with E-state index in [-0.39, 0.29) is 18.3 Å². The van der Waals surface area contributed by atoms with Gasteiger partial charge in [0.25, 0.3) is 5.91 Å². The Morgan fingerprint density at radius 3 is 3.08 bits per heavy atom. The van der Waals surface area contributed by atoms with Gasteiger partial charge in [-0.05, 0) is 44.1 Å². The summed E-state index contributed by atoms with van der Waals surface area (Å²) in [5, 5.41) is 17.0. The van der Waals surface area contributed by atoms with Crippen molar-refractivity contribution in [2.45, 2.75) is 45.4 Å². The standard InChI is InChI=1S/C17H21N5O2S/c1-9-5-3-6-11-12(9)13-15-20-14(16(24)18-7-4-8-23)21-22(15)10(2)19-17(13)25-11/h9,23H,3-8H2,1-2H3,(H,18,24)/t9-/m1/s1. The van der Waals surface area contributed by atoms with Gasteiger partial charge >= 0.3 is 0 Å². The van der Waals surface area contributed by atoms with E-state index < -0.39 is 0 Å². The summed E-state index contributed by atoms with van der Waals surface area (Å²) in [7, 11) is 0. The lowest BCUT2D eigenvalue weighted by atomic mass is 9.87. The van der Waals surface area contributed by atoms with Gasteiger partial charge in [-0.25, -0.2) is 9.97 Å². The summed E-state index contributed by atoms with van der Waals surface area (Å²) in [5.41, 5.74) is 2.06. The average molecular weight is 359 g/mol. The number of aromatic nitrogens is 4. The summed E-state index contributed by atoms with van der Waals surface area (Å²) in [6.45, 7) is 4.58. The molecule has 0 saturated heterocycles. The van der Waals surface area contributed by atoms with E-state index in [9.17, 15) is 4.79 Å². The summed E-state index contributed by atoms with van der Waals surface area (Å²) in [5.74, 6) is 1.04. The molecule has 25 heavy (non-hydrogen) atoms. The Bertz CT molecular complexity index is 961. The number of aliphatic hydroxyl groups is 1. The molecule has 0 fully saturated rings. The number of amides is 1. The second kappa shape index (κ2) is 6.34. The van der Waals surface area contributed by atoms with Gasteiger partial charge in [-0.1, -0.05) is 6.92 Å².